The maximum atomic E-state index is 11.3. The Labute approximate surface area is 152 Å². The van der Waals surface area contributed by atoms with Crippen LogP contribution in [-0.2, 0) is 23.3 Å². The van der Waals surface area contributed by atoms with Gasteiger partial charge in [0, 0.05) is 23.1 Å². The highest BCUT2D eigenvalue weighted by molar-refractivity contribution is 7.89. The maximum Gasteiger partial charge on any atom is 0.141 e. The van der Waals surface area contributed by atoms with Crippen LogP contribution in [0.4, 0.5) is 0 Å². The van der Waals surface area contributed by atoms with E-state index in [1.807, 2.05) is 18.3 Å². The van der Waals surface area contributed by atoms with Crippen molar-refractivity contribution in [3.8, 4) is 17.0 Å². The lowest BCUT2D eigenvalue weighted by molar-refractivity contribution is 0.133. The summed E-state index contributed by atoms with van der Waals surface area (Å²) in [6, 6.07) is 10.4. The predicted octanol–water partition coefficient (Wildman–Crippen LogP) is 2.93. The largest absolute Gasteiger partial charge is 0.616 e. The van der Waals surface area contributed by atoms with Crippen molar-refractivity contribution in [2.75, 3.05) is 19.3 Å². The Bertz CT molecular complexity index is 727. The lowest BCUT2D eigenvalue weighted by Crippen LogP contribution is -2.36. The zero-order chi connectivity index (χ0) is 17.2. The van der Waals surface area contributed by atoms with Crippen molar-refractivity contribution in [3.05, 3.63) is 47.7 Å². The zero-order valence-corrected chi connectivity index (χ0v) is 15.3. The number of benzene rings is 1. The molecule has 2 aliphatic heterocycles. The molecule has 2 aliphatic rings. The Morgan fingerprint density at radius 3 is 2.72 bits per heavy atom. The molecular weight excluding hydrogens is 332 g/mol. The number of pyridine rings is 1. The summed E-state index contributed by atoms with van der Waals surface area (Å²) in [5.74, 6) is 2.19. The Morgan fingerprint density at radius 1 is 1.24 bits per heavy atom. The molecular formula is C20H24N2O2S. The SMILES string of the molecule is C[S+]([O-])Cc1ccc(-c2cc3c(cn2)OC(C2CCNCC2)C3)cc1. The molecule has 4 rings (SSSR count). The molecule has 0 saturated carbocycles. The van der Waals surface area contributed by atoms with Gasteiger partial charge in [0.25, 0.3) is 0 Å². The summed E-state index contributed by atoms with van der Waals surface area (Å²) in [6.07, 6.45) is 7.28. The zero-order valence-electron chi connectivity index (χ0n) is 14.5. The van der Waals surface area contributed by atoms with Gasteiger partial charge < -0.3 is 14.6 Å². The highest BCUT2D eigenvalue weighted by Crippen LogP contribution is 2.35. The van der Waals surface area contributed by atoms with Gasteiger partial charge in [-0.15, -0.1) is 0 Å². The summed E-state index contributed by atoms with van der Waals surface area (Å²) < 4.78 is 17.5. The second-order valence-electron chi connectivity index (χ2n) is 7.04. The van der Waals surface area contributed by atoms with Crippen LogP contribution in [0.1, 0.15) is 24.0 Å². The maximum absolute atomic E-state index is 11.3. The molecule has 4 nitrogen and oxygen atoms in total. The Kier molecular flexibility index (Phi) is 4.97. The molecule has 25 heavy (non-hydrogen) atoms. The highest BCUT2D eigenvalue weighted by Gasteiger charge is 2.31. The van der Waals surface area contributed by atoms with E-state index < -0.39 is 11.2 Å². The van der Waals surface area contributed by atoms with Gasteiger partial charge in [-0.3, -0.25) is 4.98 Å². The van der Waals surface area contributed by atoms with Crippen molar-refractivity contribution in [2.24, 2.45) is 5.92 Å². The topological polar surface area (TPSA) is 57.2 Å². The summed E-state index contributed by atoms with van der Waals surface area (Å²) in [5, 5.41) is 3.42. The van der Waals surface area contributed by atoms with Crippen molar-refractivity contribution in [3.63, 3.8) is 0 Å². The molecule has 1 saturated heterocycles. The van der Waals surface area contributed by atoms with E-state index in [4.69, 9.17) is 4.74 Å². The molecule has 2 unspecified atom stereocenters. The fourth-order valence-electron chi connectivity index (χ4n) is 3.81. The van der Waals surface area contributed by atoms with Crippen molar-refractivity contribution >= 4 is 11.2 Å². The third-order valence-corrected chi connectivity index (χ3v) is 5.92. The van der Waals surface area contributed by atoms with Gasteiger partial charge in [-0.1, -0.05) is 35.4 Å². The minimum atomic E-state index is -0.811. The van der Waals surface area contributed by atoms with E-state index in [0.717, 1.165) is 42.1 Å². The van der Waals surface area contributed by atoms with Crippen molar-refractivity contribution < 1.29 is 9.29 Å². The van der Waals surface area contributed by atoms with Gasteiger partial charge in [-0.25, -0.2) is 0 Å². The normalized spacial score (nSPS) is 21.6. The molecule has 0 spiro atoms. The molecule has 0 radical (unpaired) electrons. The van der Waals surface area contributed by atoms with E-state index in [-0.39, 0.29) is 0 Å². The van der Waals surface area contributed by atoms with Crippen LogP contribution in [0, 0.1) is 5.92 Å². The van der Waals surface area contributed by atoms with E-state index in [2.05, 4.69) is 28.5 Å². The minimum Gasteiger partial charge on any atom is -0.616 e. The molecule has 132 valence electrons. The average Bonchev–Trinajstić information content (AvgIpc) is 3.06. The monoisotopic (exact) mass is 356 g/mol. The van der Waals surface area contributed by atoms with Crippen LogP contribution < -0.4 is 10.1 Å². The quantitative estimate of drug-likeness (QED) is 0.856. The van der Waals surface area contributed by atoms with E-state index in [1.165, 1.54) is 18.4 Å². The molecule has 0 amide bonds. The third kappa shape index (κ3) is 3.84. The molecule has 0 aliphatic carbocycles. The first-order valence-corrected chi connectivity index (χ1v) is 10.7. The van der Waals surface area contributed by atoms with Crippen LogP contribution in [0.25, 0.3) is 11.3 Å². The van der Waals surface area contributed by atoms with Gasteiger partial charge in [-0.05, 0) is 37.9 Å². The number of aromatic nitrogens is 1. The summed E-state index contributed by atoms with van der Waals surface area (Å²) in [4.78, 5) is 4.59. The van der Waals surface area contributed by atoms with E-state index in [0.29, 0.717) is 17.8 Å². The number of ether oxygens (including phenoxy) is 1. The lowest BCUT2D eigenvalue weighted by Gasteiger charge is -2.27. The summed E-state index contributed by atoms with van der Waals surface area (Å²) >= 11 is -0.811. The predicted molar refractivity (Wildman–Crippen MR) is 101 cm³/mol. The van der Waals surface area contributed by atoms with Gasteiger partial charge in [0.15, 0.2) is 0 Å². The second-order valence-corrected chi connectivity index (χ2v) is 8.47. The van der Waals surface area contributed by atoms with Gasteiger partial charge in [0.2, 0.25) is 0 Å². The number of piperidine rings is 1. The molecule has 2 aromatic rings. The first-order valence-electron chi connectivity index (χ1n) is 8.94. The third-order valence-electron chi connectivity index (χ3n) is 5.18. The molecule has 2 atom stereocenters. The number of rotatable bonds is 4. The summed E-state index contributed by atoms with van der Waals surface area (Å²) in [7, 11) is 0. The van der Waals surface area contributed by atoms with Crippen molar-refractivity contribution in [2.45, 2.75) is 31.1 Å². The highest BCUT2D eigenvalue weighted by atomic mass is 32.2. The molecule has 1 N–H and O–H groups in total. The molecule has 5 heteroatoms. The molecule has 1 aromatic carbocycles. The molecule has 1 aromatic heterocycles. The smallest absolute Gasteiger partial charge is 0.141 e. The van der Waals surface area contributed by atoms with Crippen LogP contribution in [0.3, 0.4) is 0 Å². The van der Waals surface area contributed by atoms with Gasteiger partial charge in [-0.2, -0.15) is 0 Å². The van der Waals surface area contributed by atoms with Crippen LogP contribution in [0.15, 0.2) is 36.5 Å². The van der Waals surface area contributed by atoms with Crippen molar-refractivity contribution in [1.82, 2.24) is 10.3 Å². The van der Waals surface area contributed by atoms with Gasteiger partial charge in [0.05, 0.1) is 18.1 Å². The fourth-order valence-corrected chi connectivity index (χ4v) is 4.48. The van der Waals surface area contributed by atoms with Gasteiger partial charge >= 0.3 is 0 Å². The molecule has 3 heterocycles. The lowest BCUT2D eigenvalue weighted by atomic mass is 9.90. The van der Waals surface area contributed by atoms with E-state index in [9.17, 15) is 4.55 Å². The second kappa shape index (κ2) is 7.36. The van der Waals surface area contributed by atoms with Crippen LogP contribution >= 0.6 is 0 Å². The standard InChI is InChI=1S/C20H24N2O2S/c1-25(23)13-14-2-4-15(5-3-14)18-10-17-11-19(24-20(17)12-22-18)16-6-8-21-9-7-16/h2-5,10,12,16,19,21H,6-9,11,13H2,1H3. The van der Waals surface area contributed by atoms with Crippen LogP contribution in [0.2, 0.25) is 0 Å². The van der Waals surface area contributed by atoms with Gasteiger partial charge in [0.1, 0.15) is 17.6 Å². The first kappa shape index (κ1) is 16.9. The fraction of sp³-hybridized carbons (Fsp3) is 0.450. The average molecular weight is 356 g/mol. The van der Waals surface area contributed by atoms with Crippen LogP contribution in [-0.4, -0.2) is 35.0 Å². The minimum absolute atomic E-state index is 0.302. The van der Waals surface area contributed by atoms with E-state index >= 15 is 0 Å². The number of fused-ring (bicyclic) bond motifs is 1. The Hall–Kier alpha value is -1.56. The molecule has 0 bridgehead atoms. The first-order chi connectivity index (χ1) is 12.2. The molecule has 1 fully saturated rings. The number of hydrogen-bond donors (Lipinski definition) is 1. The summed E-state index contributed by atoms with van der Waals surface area (Å²) in [5.41, 5.74) is 4.45. The van der Waals surface area contributed by atoms with Crippen molar-refractivity contribution in [1.29, 1.82) is 0 Å². The van der Waals surface area contributed by atoms with E-state index in [1.54, 1.807) is 6.26 Å². The summed E-state index contributed by atoms with van der Waals surface area (Å²) in [6.45, 7) is 2.19. The number of nitrogens with one attached hydrogen (secondary N) is 1. The number of hydrogen-bond acceptors (Lipinski definition) is 4. The number of nitrogens with zero attached hydrogens (tertiary/aromatic N) is 1. The Balaban J connectivity index is 1.49. The Morgan fingerprint density at radius 2 is 2.00 bits per heavy atom. The van der Waals surface area contributed by atoms with Crippen LogP contribution in [0.5, 0.6) is 5.75 Å².